The molecule has 1 aromatic carbocycles. The number of hydrogen-bond acceptors (Lipinski definition) is 4. The zero-order valence-electron chi connectivity index (χ0n) is 15.1. The first-order valence-electron chi connectivity index (χ1n) is 8.72. The summed E-state index contributed by atoms with van der Waals surface area (Å²) in [6, 6.07) is 5.76. The number of nitrogens with one attached hydrogen (secondary N) is 1. The summed E-state index contributed by atoms with van der Waals surface area (Å²) in [6.45, 7) is 5.84. The molecule has 0 spiro atoms. The van der Waals surface area contributed by atoms with Crippen LogP contribution in [-0.2, 0) is 19.1 Å². The zero-order valence-corrected chi connectivity index (χ0v) is 15.1. The average molecular weight is 346 g/mol. The Balaban J connectivity index is 1.88. The van der Waals surface area contributed by atoms with E-state index in [2.05, 4.69) is 5.32 Å². The Hall–Kier alpha value is -2.37. The summed E-state index contributed by atoms with van der Waals surface area (Å²) >= 11 is 0. The highest BCUT2D eigenvalue weighted by atomic mass is 16.5. The van der Waals surface area contributed by atoms with Gasteiger partial charge in [0.1, 0.15) is 6.54 Å². The Morgan fingerprint density at radius 1 is 1.24 bits per heavy atom. The minimum atomic E-state index is -0.922. The van der Waals surface area contributed by atoms with Crippen molar-refractivity contribution in [3.8, 4) is 0 Å². The monoisotopic (exact) mass is 346 g/mol. The van der Waals surface area contributed by atoms with Crippen LogP contribution >= 0.6 is 0 Å². The molecule has 0 aromatic heterocycles. The third-order valence-corrected chi connectivity index (χ3v) is 4.32. The summed E-state index contributed by atoms with van der Waals surface area (Å²) in [4.78, 5) is 37.8. The summed E-state index contributed by atoms with van der Waals surface area (Å²) in [6.07, 6.45) is 2.29. The molecule has 6 heteroatoms. The molecule has 2 amide bonds. The first kappa shape index (κ1) is 19.0. The van der Waals surface area contributed by atoms with Crippen molar-refractivity contribution in [2.24, 2.45) is 0 Å². The molecule has 0 bridgehead atoms. The summed E-state index contributed by atoms with van der Waals surface area (Å²) in [5.74, 6) is -0.968. The van der Waals surface area contributed by atoms with Crippen LogP contribution in [0.2, 0.25) is 0 Å². The highest BCUT2D eigenvalue weighted by Crippen LogP contribution is 2.17. The second-order valence-corrected chi connectivity index (χ2v) is 6.57. The number of benzene rings is 1. The molecule has 1 N–H and O–H groups in total. The van der Waals surface area contributed by atoms with Crippen LogP contribution in [0.4, 0.5) is 5.69 Å². The summed E-state index contributed by atoms with van der Waals surface area (Å²) < 4.78 is 5.20. The maximum absolute atomic E-state index is 12.3. The maximum Gasteiger partial charge on any atom is 0.326 e. The predicted octanol–water partition coefficient (Wildman–Crippen LogP) is 2.58. The SMILES string of the molecule is Cc1ccc(C)c(NC(=O)[C@H](C)OC(=O)CN2CCCCCC2=O)c1. The van der Waals surface area contributed by atoms with Crippen molar-refractivity contribution in [1.82, 2.24) is 4.90 Å². The molecule has 2 rings (SSSR count). The lowest BCUT2D eigenvalue weighted by Crippen LogP contribution is -2.38. The third-order valence-electron chi connectivity index (χ3n) is 4.32. The van der Waals surface area contributed by atoms with Crippen molar-refractivity contribution >= 4 is 23.5 Å². The van der Waals surface area contributed by atoms with Crippen molar-refractivity contribution in [3.63, 3.8) is 0 Å². The minimum Gasteiger partial charge on any atom is -0.451 e. The van der Waals surface area contributed by atoms with Gasteiger partial charge in [-0.2, -0.15) is 0 Å². The van der Waals surface area contributed by atoms with E-state index in [1.54, 1.807) is 0 Å². The Morgan fingerprint density at radius 3 is 2.76 bits per heavy atom. The fourth-order valence-electron chi connectivity index (χ4n) is 2.75. The van der Waals surface area contributed by atoms with E-state index in [0.29, 0.717) is 18.7 Å². The molecule has 1 fully saturated rings. The van der Waals surface area contributed by atoms with Crippen LogP contribution in [0.5, 0.6) is 0 Å². The second kappa shape index (κ2) is 8.65. The van der Waals surface area contributed by atoms with Crippen molar-refractivity contribution < 1.29 is 19.1 Å². The molecule has 1 saturated heterocycles. The molecule has 1 atom stereocenters. The van der Waals surface area contributed by atoms with Gasteiger partial charge in [0.25, 0.3) is 5.91 Å². The van der Waals surface area contributed by atoms with E-state index in [4.69, 9.17) is 4.74 Å². The molecule has 0 radical (unpaired) electrons. The number of hydrogen-bond donors (Lipinski definition) is 1. The Labute approximate surface area is 148 Å². The summed E-state index contributed by atoms with van der Waals surface area (Å²) in [5.41, 5.74) is 2.67. The standard InChI is InChI=1S/C19H26N2O4/c1-13-8-9-14(2)16(11-13)20-19(24)15(3)25-18(23)12-21-10-6-4-5-7-17(21)22/h8-9,11,15H,4-7,10,12H2,1-3H3,(H,20,24)/t15-/m0/s1. The Kier molecular flexibility index (Phi) is 6.56. The molecular formula is C19H26N2O4. The molecule has 25 heavy (non-hydrogen) atoms. The van der Waals surface area contributed by atoms with Crippen molar-refractivity contribution in [2.45, 2.75) is 52.6 Å². The van der Waals surface area contributed by atoms with Crippen LogP contribution in [0, 0.1) is 13.8 Å². The third kappa shape index (κ3) is 5.59. The van der Waals surface area contributed by atoms with Gasteiger partial charge in [0, 0.05) is 18.7 Å². The van der Waals surface area contributed by atoms with Gasteiger partial charge in [0.2, 0.25) is 5.91 Å². The Morgan fingerprint density at radius 2 is 2.00 bits per heavy atom. The quantitative estimate of drug-likeness (QED) is 0.832. The lowest BCUT2D eigenvalue weighted by Gasteiger charge is -2.21. The molecule has 0 aliphatic carbocycles. The minimum absolute atomic E-state index is 0.0260. The number of rotatable bonds is 5. The summed E-state index contributed by atoms with van der Waals surface area (Å²) in [7, 11) is 0. The highest BCUT2D eigenvalue weighted by Gasteiger charge is 2.23. The number of nitrogens with zero attached hydrogens (tertiary/aromatic N) is 1. The van der Waals surface area contributed by atoms with Crippen LogP contribution in [-0.4, -0.2) is 41.9 Å². The molecule has 1 heterocycles. The van der Waals surface area contributed by atoms with E-state index in [0.717, 1.165) is 30.4 Å². The predicted molar refractivity (Wildman–Crippen MR) is 95.1 cm³/mol. The first-order chi connectivity index (χ1) is 11.9. The van der Waals surface area contributed by atoms with Crippen LogP contribution in [0.15, 0.2) is 18.2 Å². The van der Waals surface area contributed by atoms with Crippen LogP contribution in [0.1, 0.15) is 43.7 Å². The number of esters is 1. The fraction of sp³-hybridized carbons (Fsp3) is 0.526. The lowest BCUT2D eigenvalue weighted by atomic mass is 10.1. The van der Waals surface area contributed by atoms with E-state index >= 15 is 0 Å². The van der Waals surface area contributed by atoms with Gasteiger partial charge in [-0.05, 0) is 50.8 Å². The number of carbonyl (C=O) groups excluding carboxylic acids is 3. The normalized spacial score (nSPS) is 16.1. The molecule has 136 valence electrons. The smallest absolute Gasteiger partial charge is 0.326 e. The number of amides is 2. The van der Waals surface area contributed by atoms with Gasteiger partial charge < -0.3 is 15.0 Å². The largest absolute Gasteiger partial charge is 0.451 e. The van der Waals surface area contributed by atoms with E-state index < -0.39 is 12.1 Å². The van der Waals surface area contributed by atoms with Crippen LogP contribution in [0.25, 0.3) is 0 Å². The van der Waals surface area contributed by atoms with E-state index in [-0.39, 0.29) is 18.4 Å². The maximum atomic E-state index is 12.3. The number of aryl methyl sites for hydroxylation is 2. The summed E-state index contributed by atoms with van der Waals surface area (Å²) in [5, 5.41) is 2.78. The number of carbonyl (C=O) groups is 3. The highest BCUT2D eigenvalue weighted by molar-refractivity contribution is 5.96. The second-order valence-electron chi connectivity index (χ2n) is 6.57. The van der Waals surface area contributed by atoms with Gasteiger partial charge >= 0.3 is 5.97 Å². The molecular weight excluding hydrogens is 320 g/mol. The fourth-order valence-corrected chi connectivity index (χ4v) is 2.75. The number of anilines is 1. The zero-order chi connectivity index (χ0) is 18.4. The van der Waals surface area contributed by atoms with E-state index in [9.17, 15) is 14.4 Å². The van der Waals surface area contributed by atoms with Gasteiger partial charge in [0.05, 0.1) is 0 Å². The van der Waals surface area contributed by atoms with E-state index in [1.807, 2.05) is 32.0 Å². The number of ether oxygens (including phenoxy) is 1. The molecule has 0 unspecified atom stereocenters. The average Bonchev–Trinajstić information content (AvgIpc) is 2.75. The van der Waals surface area contributed by atoms with Gasteiger partial charge in [0.15, 0.2) is 6.10 Å². The van der Waals surface area contributed by atoms with Crippen molar-refractivity contribution in [1.29, 1.82) is 0 Å². The molecule has 6 nitrogen and oxygen atoms in total. The van der Waals surface area contributed by atoms with E-state index in [1.165, 1.54) is 11.8 Å². The van der Waals surface area contributed by atoms with Gasteiger partial charge in [-0.1, -0.05) is 18.6 Å². The van der Waals surface area contributed by atoms with Gasteiger partial charge in [-0.25, -0.2) is 0 Å². The molecule has 1 aliphatic heterocycles. The van der Waals surface area contributed by atoms with Crippen LogP contribution in [0.3, 0.4) is 0 Å². The van der Waals surface area contributed by atoms with Crippen molar-refractivity contribution in [2.75, 3.05) is 18.4 Å². The molecule has 0 saturated carbocycles. The van der Waals surface area contributed by atoms with Gasteiger partial charge in [-0.15, -0.1) is 0 Å². The van der Waals surface area contributed by atoms with Crippen LogP contribution < -0.4 is 5.32 Å². The van der Waals surface area contributed by atoms with Gasteiger partial charge in [-0.3, -0.25) is 14.4 Å². The molecule has 1 aromatic rings. The number of likely N-dealkylation sites (tertiary alicyclic amines) is 1. The van der Waals surface area contributed by atoms with Crippen molar-refractivity contribution in [3.05, 3.63) is 29.3 Å². The lowest BCUT2D eigenvalue weighted by molar-refractivity contribution is -0.156. The first-order valence-corrected chi connectivity index (χ1v) is 8.72. The topological polar surface area (TPSA) is 75.7 Å². The molecule has 1 aliphatic rings. The Bertz CT molecular complexity index is 657.